The fraction of sp³-hybridized carbons (Fsp3) is 0.235. The standard InChI is InChI=1S/C17H20N4O3S2/c1-2-19-10-11-21-15-9-8-14(26(18,23)24)12-16(15)25(20-17(21)22)13-6-4-3-5-7-13/h3-9,12,19H,2,10-11H2,1H3,(H2-,18,20,22,23,24)/p+1. The number of likely N-dealkylation sites (N-methyl/N-ethyl adjacent to an activating group) is 1. The first kappa shape index (κ1) is 18.7. The SMILES string of the molecule is CCNCCN1C(=O)N[S+](c2ccccc2)c2cc(S(N)(=O)=O)ccc21. The Kier molecular flexibility index (Phi) is 5.52. The highest BCUT2D eigenvalue weighted by Gasteiger charge is 2.41. The Morgan fingerprint density at radius 2 is 1.92 bits per heavy atom. The first-order valence-electron chi connectivity index (χ1n) is 8.17. The molecular weight excluding hydrogens is 372 g/mol. The zero-order chi connectivity index (χ0) is 18.7. The second-order valence-corrected chi connectivity index (χ2v) is 9.00. The van der Waals surface area contributed by atoms with Crippen LogP contribution in [0.25, 0.3) is 0 Å². The third kappa shape index (κ3) is 3.85. The number of carbonyl (C=O) groups excluding carboxylic acids is 1. The van der Waals surface area contributed by atoms with Crippen molar-refractivity contribution in [2.75, 3.05) is 24.5 Å². The van der Waals surface area contributed by atoms with Crippen LogP contribution >= 0.6 is 0 Å². The van der Waals surface area contributed by atoms with E-state index in [-0.39, 0.29) is 10.9 Å². The van der Waals surface area contributed by atoms with Crippen LogP contribution in [0.1, 0.15) is 6.92 Å². The van der Waals surface area contributed by atoms with Crippen molar-refractivity contribution < 1.29 is 13.2 Å². The smallest absolute Gasteiger partial charge is 0.315 e. The average Bonchev–Trinajstić information content (AvgIpc) is 2.63. The van der Waals surface area contributed by atoms with Gasteiger partial charge in [-0.05, 0) is 30.8 Å². The van der Waals surface area contributed by atoms with Gasteiger partial charge in [0.15, 0.2) is 16.0 Å². The molecule has 138 valence electrons. The van der Waals surface area contributed by atoms with E-state index in [0.29, 0.717) is 18.8 Å². The molecule has 2 aromatic rings. The second kappa shape index (κ2) is 7.67. The lowest BCUT2D eigenvalue weighted by molar-refractivity contribution is 0.251. The number of rotatable bonds is 6. The minimum Gasteiger partial charge on any atom is -0.315 e. The van der Waals surface area contributed by atoms with Gasteiger partial charge in [-0.2, -0.15) is 0 Å². The third-order valence-corrected chi connectivity index (χ3v) is 6.75. The fourth-order valence-electron chi connectivity index (χ4n) is 2.70. The van der Waals surface area contributed by atoms with Crippen molar-refractivity contribution in [3.05, 3.63) is 48.5 Å². The summed E-state index contributed by atoms with van der Waals surface area (Å²) in [7, 11) is -3.83. The third-order valence-electron chi connectivity index (χ3n) is 3.95. The molecular formula is C17H21N4O3S2+. The summed E-state index contributed by atoms with van der Waals surface area (Å²) >= 11 is -0.768. The molecule has 1 heterocycles. The molecule has 7 nitrogen and oxygen atoms in total. The predicted molar refractivity (Wildman–Crippen MR) is 103 cm³/mol. The summed E-state index contributed by atoms with van der Waals surface area (Å²) in [5, 5.41) is 8.49. The van der Waals surface area contributed by atoms with Gasteiger partial charge >= 0.3 is 6.03 Å². The Morgan fingerprint density at radius 1 is 1.19 bits per heavy atom. The van der Waals surface area contributed by atoms with Gasteiger partial charge in [-0.3, -0.25) is 4.90 Å². The van der Waals surface area contributed by atoms with Crippen LogP contribution in [0.2, 0.25) is 0 Å². The van der Waals surface area contributed by atoms with Gasteiger partial charge in [0.2, 0.25) is 14.9 Å². The van der Waals surface area contributed by atoms with Crippen molar-refractivity contribution in [3.63, 3.8) is 0 Å². The number of hydrogen-bond acceptors (Lipinski definition) is 4. The minimum atomic E-state index is -3.83. The van der Waals surface area contributed by atoms with Gasteiger partial charge in [0, 0.05) is 19.2 Å². The van der Waals surface area contributed by atoms with Crippen molar-refractivity contribution in [2.45, 2.75) is 21.6 Å². The molecule has 2 aromatic carbocycles. The number of anilines is 1. The maximum atomic E-state index is 12.7. The monoisotopic (exact) mass is 393 g/mol. The molecule has 0 fully saturated rings. The van der Waals surface area contributed by atoms with Crippen LogP contribution in [0.4, 0.5) is 10.5 Å². The maximum absolute atomic E-state index is 12.7. The topological polar surface area (TPSA) is 105 Å². The molecule has 3 rings (SSSR count). The quantitative estimate of drug-likeness (QED) is 0.510. The number of nitrogens with zero attached hydrogens (tertiary/aromatic N) is 1. The summed E-state index contributed by atoms with van der Waals surface area (Å²) in [5.41, 5.74) is 0.700. The van der Waals surface area contributed by atoms with Crippen LogP contribution in [-0.4, -0.2) is 34.1 Å². The lowest BCUT2D eigenvalue weighted by Gasteiger charge is -2.28. The molecule has 1 aliphatic rings. The Balaban J connectivity index is 2.08. The van der Waals surface area contributed by atoms with E-state index in [1.807, 2.05) is 37.3 Å². The second-order valence-electron chi connectivity index (χ2n) is 5.71. The highest BCUT2D eigenvalue weighted by atomic mass is 32.2. The number of primary sulfonamides is 1. The van der Waals surface area contributed by atoms with Gasteiger partial charge < -0.3 is 5.32 Å². The summed E-state index contributed by atoms with van der Waals surface area (Å²) in [5.74, 6) is 0. The molecule has 0 aromatic heterocycles. The Bertz CT molecular complexity index is 903. The molecule has 1 unspecified atom stereocenters. The zero-order valence-electron chi connectivity index (χ0n) is 14.3. The molecule has 2 amide bonds. The zero-order valence-corrected chi connectivity index (χ0v) is 15.9. The van der Waals surface area contributed by atoms with Gasteiger partial charge in [-0.25, -0.2) is 18.4 Å². The number of urea groups is 1. The van der Waals surface area contributed by atoms with Crippen LogP contribution in [0, 0.1) is 0 Å². The van der Waals surface area contributed by atoms with Gasteiger partial charge in [0.25, 0.3) is 0 Å². The van der Waals surface area contributed by atoms with Crippen LogP contribution in [0.5, 0.6) is 0 Å². The number of nitrogens with one attached hydrogen (secondary N) is 2. The number of sulfonamides is 1. The van der Waals surface area contributed by atoms with E-state index >= 15 is 0 Å². The molecule has 1 atom stereocenters. The van der Waals surface area contributed by atoms with Crippen molar-refractivity contribution in [3.8, 4) is 0 Å². The molecule has 0 bridgehead atoms. The van der Waals surface area contributed by atoms with E-state index in [4.69, 9.17) is 5.14 Å². The van der Waals surface area contributed by atoms with E-state index in [9.17, 15) is 13.2 Å². The maximum Gasteiger partial charge on any atom is 0.364 e. The molecule has 0 saturated carbocycles. The predicted octanol–water partition coefficient (Wildman–Crippen LogP) is 1.42. The van der Waals surface area contributed by atoms with Gasteiger partial charge in [0.1, 0.15) is 5.69 Å². The molecule has 26 heavy (non-hydrogen) atoms. The number of hydrogen-bond donors (Lipinski definition) is 3. The minimum absolute atomic E-state index is 0.0347. The highest BCUT2D eigenvalue weighted by Crippen LogP contribution is 2.35. The Hall–Kier alpha value is -2.07. The summed E-state index contributed by atoms with van der Waals surface area (Å²) in [6.07, 6.45) is 0. The first-order chi connectivity index (χ1) is 12.4. The van der Waals surface area contributed by atoms with E-state index < -0.39 is 21.1 Å². The molecule has 9 heteroatoms. The molecule has 1 aliphatic heterocycles. The average molecular weight is 394 g/mol. The van der Waals surface area contributed by atoms with E-state index in [1.165, 1.54) is 6.07 Å². The van der Waals surface area contributed by atoms with Gasteiger partial charge in [0.05, 0.1) is 4.90 Å². The van der Waals surface area contributed by atoms with E-state index in [2.05, 4.69) is 10.0 Å². The van der Waals surface area contributed by atoms with Gasteiger partial charge in [-0.15, -0.1) is 4.72 Å². The number of amides is 2. The van der Waals surface area contributed by atoms with Crippen LogP contribution in [-0.2, 0) is 21.1 Å². The molecule has 0 aliphatic carbocycles. The summed E-state index contributed by atoms with van der Waals surface area (Å²) in [6.45, 7) is 3.92. The lowest BCUT2D eigenvalue weighted by atomic mass is 10.3. The molecule has 0 radical (unpaired) electrons. The summed E-state index contributed by atoms with van der Waals surface area (Å²) < 4.78 is 26.6. The Labute approximate surface area is 156 Å². The normalized spacial score (nSPS) is 16.9. The van der Waals surface area contributed by atoms with Gasteiger partial charge in [-0.1, -0.05) is 25.1 Å². The van der Waals surface area contributed by atoms with Crippen molar-refractivity contribution in [1.29, 1.82) is 0 Å². The highest BCUT2D eigenvalue weighted by molar-refractivity contribution is 7.96. The summed E-state index contributed by atoms with van der Waals surface area (Å²) in [6, 6.07) is 13.9. The largest absolute Gasteiger partial charge is 0.364 e. The first-order valence-corrected chi connectivity index (χ1v) is 10.9. The number of carbonyl (C=O) groups is 1. The molecule has 4 N–H and O–H groups in total. The van der Waals surface area contributed by atoms with Crippen molar-refractivity contribution in [1.82, 2.24) is 10.0 Å². The molecule has 0 saturated heterocycles. The number of fused-ring (bicyclic) bond motifs is 1. The van der Waals surface area contributed by atoms with Crippen molar-refractivity contribution >= 4 is 32.8 Å². The van der Waals surface area contributed by atoms with Crippen molar-refractivity contribution in [2.24, 2.45) is 5.14 Å². The summed E-state index contributed by atoms with van der Waals surface area (Å²) in [4.78, 5) is 16.0. The van der Waals surface area contributed by atoms with E-state index in [0.717, 1.165) is 16.3 Å². The Morgan fingerprint density at radius 3 is 2.58 bits per heavy atom. The van der Waals surface area contributed by atoms with Crippen LogP contribution in [0.15, 0.2) is 63.2 Å². The number of benzene rings is 2. The number of nitrogens with two attached hydrogens (primary N) is 1. The van der Waals surface area contributed by atoms with E-state index in [1.54, 1.807) is 17.0 Å². The lowest BCUT2D eigenvalue weighted by Crippen LogP contribution is -2.50. The van der Waals surface area contributed by atoms with Crippen LogP contribution in [0.3, 0.4) is 0 Å². The van der Waals surface area contributed by atoms with Crippen LogP contribution < -0.4 is 20.1 Å². The molecule has 0 spiro atoms. The fourth-order valence-corrected chi connectivity index (χ4v) is 5.14.